The quantitative estimate of drug-likeness (QED) is 0.372. The number of benzene rings is 1. The third-order valence-corrected chi connectivity index (χ3v) is 7.61. The molecule has 2 aromatic rings. The Morgan fingerprint density at radius 2 is 1.73 bits per heavy atom. The number of rotatable bonds is 5. The molecule has 0 radical (unpaired) electrons. The van der Waals surface area contributed by atoms with Crippen LogP contribution in [-0.4, -0.2) is 76.0 Å². The fraction of sp³-hybridized carbons (Fsp3) is 0.480. The predicted octanol–water partition coefficient (Wildman–Crippen LogP) is 4.73. The van der Waals surface area contributed by atoms with Gasteiger partial charge in [-0.3, -0.25) is 24.7 Å². The van der Waals surface area contributed by atoms with Crippen LogP contribution in [0.5, 0.6) is 0 Å². The van der Waals surface area contributed by atoms with E-state index in [-0.39, 0.29) is 47.0 Å². The van der Waals surface area contributed by atoms with Crippen LogP contribution in [0.4, 0.5) is 11.4 Å². The van der Waals surface area contributed by atoms with Crippen molar-refractivity contribution >= 4 is 55.0 Å². The number of hydrogen-bond acceptors (Lipinski definition) is 7. The summed E-state index contributed by atoms with van der Waals surface area (Å²) in [6.45, 7) is 9.30. The smallest absolute Gasteiger partial charge is 0.294 e. The number of anilines is 1. The molecule has 2 amide bonds. The number of aromatic nitrogens is 1. The van der Waals surface area contributed by atoms with Crippen LogP contribution in [0.1, 0.15) is 48.4 Å². The van der Waals surface area contributed by atoms with Crippen molar-refractivity contribution in [1.29, 1.82) is 0 Å². The van der Waals surface area contributed by atoms with Crippen LogP contribution in [-0.2, 0) is 4.74 Å². The first-order chi connectivity index (χ1) is 17.4. The van der Waals surface area contributed by atoms with Crippen LogP contribution in [0, 0.1) is 15.5 Å². The van der Waals surface area contributed by atoms with Gasteiger partial charge in [0.05, 0.1) is 34.3 Å². The minimum atomic E-state index is -0.494. The van der Waals surface area contributed by atoms with E-state index in [1.165, 1.54) is 12.3 Å². The van der Waals surface area contributed by atoms with Gasteiger partial charge in [-0.1, -0.05) is 29.8 Å². The summed E-state index contributed by atoms with van der Waals surface area (Å²) in [6, 6.07) is 4.37. The van der Waals surface area contributed by atoms with Crippen LogP contribution in [0.15, 0.2) is 39.5 Å². The monoisotopic (exact) mass is 637 g/mol. The van der Waals surface area contributed by atoms with E-state index >= 15 is 0 Å². The molecule has 0 spiro atoms. The van der Waals surface area contributed by atoms with Crippen LogP contribution < -0.4 is 5.32 Å². The number of nitrogens with one attached hydrogen (secondary N) is 1. The number of amides is 2. The van der Waals surface area contributed by atoms with Crippen molar-refractivity contribution in [2.24, 2.45) is 5.41 Å². The maximum Gasteiger partial charge on any atom is 0.294 e. The molecule has 1 aromatic heterocycles. The van der Waals surface area contributed by atoms with E-state index in [2.05, 4.69) is 42.2 Å². The molecule has 37 heavy (non-hydrogen) atoms. The lowest BCUT2D eigenvalue weighted by Gasteiger charge is -2.36. The van der Waals surface area contributed by atoms with Gasteiger partial charge in [0.15, 0.2) is 0 Å². The summed E-state index contributed by atoms with van der Waals surface area (Å²) in [5.74, 6) is -0.484. The molecule has 3 atom stereocenters. The molecule has 2 aliphatic heterocycles. The summed E-state index contributed by atoms with van der Waals surface area (Å²) in [4.78, 5) is 45.9. The number of nitro benzene ring substituents is 1. The molecule has 198 valence electrons. The number of carbonyl (C=O) groups is 2. The van der Waals surface area contributed by atoms with Gasteiger partial charge in [0, 0.05) is 59.0 Å². The Bertz CT molecular complexity index is 1230. The third-order valence-electron chi connectivity index (χ3n) is 6.72. The van der Waals surface area contributed by atoms with Crippen molar-refractivity contribution in [1.82, 2.24) is 14.8 Å². The number of halogens is 2. The highest BCUT2D eigenvalue weighted by atomic mass is 79.9. The van der Waals surface area contributed by atoms with Crippen molar-refractivity contribution in [2.75, 3.05) is 31.5 Å². The lowest BCUT2D eigenvalue weighted by Crippen LogP contribution is -2.48. The standard InChI is InChI=1S/C25H29Br2N5O5/c1-14-10-30(11-15(2)37-14)24(34)19-6-17(26)7-20(32(35)36)22(19)29-21-12-31(13-25(21,3)4)23(33)16-5-18(27)9-28-8-16/h5-9,14-15,21,29H,10-13H2,1-4H3/t14-,15-,21+/m1/s1. The largest absolute Gasteiger partial charge is 0.374 e. The Morgan fingerprint density at radius 1 is 1.05 bits per heavy atom. The fourth-order valence-electron chi connectivity index (χ4n) is 4.99. The number of pyridine rings is 1. The van der Waals surface area contributed by atoms with Gasteiger partial charge in [0.1, 0.15) is 5.69 Å². The molecule has 3 heterocycles. The first-order valence-electron chi connectivity index (χ1n) is 11.9. The predicted molar refractivity (Wildman–Crippen MR) is 146 cm³/mol. The molecule has 2 fully saturated rings. The summed E-state index contributed by atoms with van der Waals surface area (Å²) < 4.78 is 6.90. The second-order valence-corrected chi connectivity index (χ2v) is 12.2. The average molecular weight is 639 g/mol. The maximum atomic E-state index is 13.7. The van der Waals surface area contributed by atoms with Crippen LogP contribution in [0.2, 0.25) is 0 Å². The molecule has 4 rings (SSSR count). The van der Waals surface area contributed by atoms with Crippen LogP contribution in [0.3, 0.4) is 0 Å². The Hall–Kier alpha value is -2.57. The highest BCUT2D eigenvalue weighted by Crippen LogP contribution is 2.39. The van der Waals surface area contributed by atoms with Crippen LogP contribution >= 0.6 is 31.9 Å². The maximum absolute atomic E-state index is 13.7. The number of carbonyl (C=O) groups excluding carboxylic acids is 2. The van der Waals surface area contributed by atoms with E-state index in [1.807, 2.05) is 27.7 Å². The highest BCUT2D eigenvalue weighted by molar-refractivity contribution is 9.10. The van der Waals surface area contributed by atoms with E-state index in [1.54, 1.807) is 28.1 Å². The SMILES string of the molecule is C[C@@H]1CN(C(=O)c2cc(Br)cc([N+](=O)[O-])c2N[C@H]2CN(C(=O)c3cncc(Br)c3)CC2(C)C)C[C@@H](C)O1. The number of nitrogens with zero attached hydrogens (tertiary/aromatic N) is 4. The lowest BCUT2D eigenvalue weighted by molar-refractivity contribution is -0.384. The normalized spacial score (nSPS) is 23.1. The molecule has 10 nitrogen and oxygen atoms in total. The van der Waals surface area contributed by atoms with Crippen molar-refractivity contribution in [2.45, 2.75) is 45.9 Å². The number of likely N-dealkylation sites (tertiary alicyclic amines) is 1. The molecule has 2 aliphatic rings. The Labute approximate surface area is 232 Å². The minimum Gasteiger partial charge on any atom is -0.374 e. The number of hydrogen-bond donors (Lipinski definition) is 1. The molecule has 1 N–H and O–H groups in total. The summed E-state index contributed by atoms with van der Waals surface area (Å²) in [5.41, 5.74) is 0.176. The van der Waals surface area contributed by atoms with Gasteiger partial charge in [-0.15, -0.1) is 0 Å². The molecule has 12 heteroatoms. The minimum absolute atomic E-state index is 0.146. The summed E-state index contributed by atoms with van der Waals surface area (Å²) in [6.07, 6.45) is 2.83. The Kier molecular flexibility index (Phi) is 7.91. The van der Waals surface area contributed by atoms with Crippen molar-refractivity contribution in [3.8, 4) is 0 Å². The van der Waals surface area contributed by atoms with Gasteiger partial charge in [-0.2, -0.15) is 0 Å². The van der Waals surface area contributed by atoms with E-state index in [0.29, 0.717) is 40.7 Å². The Morgan fingerprint density at radius 3 is 2.35 bits per heavy atom. The van der Waals surface area contributed by atoms with Gasteiger partial charge in [0.25, 0.3) is 17.5 Å². The summed E-state index contributed by atoms with van der Waals surface area (Å²) in [5, 5.41) is 15.4. The second-order valence-electron chi connectivity index (χ2n) is 10.3. The third kappa shape index (κ3) is 5.96. The topological polar surface area (TPSA) is 118 Å². The number of ether oxygens (including phenoxy) is 1. The van der Waals surface area contributed by atoms with Gasteiger partial charge in [-0.25, -0.2) is 0 Å². The first kappa shape index (κ1) is 27.5. The molecular formula is C25H29Br2N5O5. The van der Waals surface area contributed by atoms with Crippen molar-refractivity contribution in [3.05, 3.63) is 60.8 Å². The molecule has 0 saturated carbocycles. The molecule has 0 aliphatic carbocycles. The van der Waals surface area contributed by atoms with E-state index < -0.39 is 10.3 Å². The highest BCUT2D eigenvalue weighted by Gasteiger charge is 2.43. The number of morpholine rings is 1. The van der Waals surface area contributed by atoms with Crippen LogP contribution in [0.25, 0.3) is 0 Å². The van der Waals surface area contributed by atoms with E-state index in [9.17, 15) is 19.7 Å². The zero-order valence-electron chi connectivity index (χ0n) is 21.0. The van der Waals surface area contributed by atoms with E-state index in [0.717, 1.165) is 0 Å². The zero-order valence-corrected chi connectivity index (χ0v) is 24.2. The molecule has 0 unspecified atom stereocenters. The Balaban J connectivity index is 1.67. The number of nitro groups is 1. The molecule has 1 aromatic carbocycles. The van der Waals surface area contributed by atoms with Gasteiger partial charge in [0.2, 0.25) is 0 Å². The van der Waals surface area contributed by atoms with Crippen molar-refractivity contribution < 1.29 is 19.2 Å². The van der Waals surface area contributed by atoms with E-state index in [4.69, 9.17) is 4.74 Å². The van der Waals surface area contributed by atoms with Gasteiger partial charge < -0.3 is 19.9 Å². The summed E-state index contributed by atoms with van der Waals surface area (Å²) in [7, 11) is 0. The lowest BCUT2D eigenvalue weighted by atomic mass is 9.87. The fourth-order valence-corrected chi connectivity index (χ4v) is 5.80. The average Bonchev–Trinajstić information content (AvgIpc) is 3.11. The molecular weight excluding hydrogens is 610 g/mol. The summed E-state index contributed by atoms with van der Waals surface area (Å²) >= 11 is 6.69. The first-order valence-corrected chi connectivity index (χ1v) is 13.5. The second kappa shape index (κ2) is 10.7. The van der Waals surface area contributed by atoms with Gasteiger partial charge in [-0.05, 0) is 41.9 Å². The van der Waals surface area contributed by atoms with Crippen molar-refractivity contribution in [3.63, 3.8) is 0 Å². The molecule has 0 bridgehead atoms. The van der Waals surface area contributed by atoms with Gasteiger partial charge >= 0.3 is 0 Å². The molecule has 2 saturated heterocycles. The zero-order chi connectivity index (χ0) is 27.1.